The first-order chi connectivity index (χ1) is 6.83. The summed E-state index contributed by atoms with van der Waals surface area (Å²) in [4.78, 5) is 2.34. The summed E-state index contributed by atoms with van der Waals surface area (Å²) in [6.07, 6.45) is 6.56. The third-order valence-electron chi connectivity index (χ3n) is 3.75. The van der Waals surface area contributed by atoms with Gasteiger partial charge in [-0.2, -0.15) is 0 Å². The molecule has 1 aliphatic carbocycles. The van der Waals surface area contributed by atoms with E-state index in [4.69, 9.17) is 0 Å². The zero-order chi connectivity index (χ0) is 9.97. The largest absolute Gasteiger partial charge is 0.395 e. The van der Waals surface area contributed by atoms with Crippen molar-refractivity contribution >= 4 is 0 Å². The number of rotatable bonds is 2. The lowest BCUT2D eigenvalue weighted by molar-refractivity contribution is 0.00283. The van der Waals surface area contributed by atoms with Crippen molar-refractivity contribution in [3.63, 3.8) is 0 Å². The fourth-order valence-corrected chi connectivity index (χ4v) is 2.97. The van der Waals surface area contributed by atoms with Crippen molar-refractivity contribution in [3.8, 4) is 0 Å². The van der Waals surface area contributed by atoms with Crippen LogP contribution in [0.5, 0.6) is 0 Å². The molecule has 1 saturated heterocycles. The molecule has 1 heterocycles. The van der Waals surface area contributed by atoms with Gasteiger partial charge in [0.15, 0.2) is 0 Å². The first-order valence-corrected chi connectivity index (χ1v) is 5.87. The molecule has 3 heteroatoms. The standard InChI is InChI=1S/C11H21NO2/c13-8-9-4-3-7-12(9)10-5-1-2-6-11(10)14/h9-11,13-14H,1-8H2/t9-,10?,11?/m1/s1. The number of hydrogen-bond donors (Lipinski definition) is 2. The summed E-state index contributed by atoms with van der Waals surface area (Å²) in [7, 11) is 0. The molecule has 0 spiro atoms. The first kappa shape index (κ1) is 10.4. The van der Waals surface area contributed by atoms with Gasteiger partial charge in [0.05, 0.1) is 12.7 Å². The molecule has 0 bridgehead atoms. The van der Waals surface area contributed by atoms with Gasteiger partial charge in [-0.05, 0) is 32.2 Å². The number of aliphatic hydroxyl groups excluding tert-OH is 2. The Balaban J connectivity index is 1.97. The highest BCUT2D eigenvalue weighted by Crippen LogP contribution is 2.29. The van der Waals surface area contributed by atoms with Crippen LogP contribution in [0.15, 0.2) is 0 Å². The van der Waals surface area contributed by atoms with Crippen LogP contribution in [0.2, 0.25) is 0 Å². The van der Waals surface area contributed by atoms with Crippen molar-refractivity contribution in [1.82, 2.24) is 4.90 Å². The maximum absolute atomic E-state index is 9.92. The molecule has 14 heavy (non-hydrogen) atoms. The molecular weight excluding hydrogens is 178 g/mol. The molecule has 0 aromatic heterocycles. The van der Waals surface area contributed by atoms with Gasteiger partial charge in [0.1, 0.15) is 0 Å². The molecule has 1 aliphatic heterocycles. The van der Waals surface area contributed by atoms with E-state index in [1.54, 1.807) is 0 Å². The van der Waals surface area contributed by atoms with Crippen LogP contribution < -0.4 is 0 Å². The number of likely N-dealkylation sites (tertiary alicyclic amines) is 1. The molecular formula is C11H21NO2. The zero-order valence-corrected chi connectivity index (χ0v) is 8.73. The van der Waals surface area contributed by atoms with E-state index in [9.17, 15) is 10.2 Å². The van der Waals surface area contributed by atoms with Crippen LogP contribution in [0.25, 0.3) is 0 Å². The predicted octanol–water partition coefficient (Wildman–Crippen LogP) is 0.747. The van der Waals surface area contributed by atoms with Gasteiger partial charge >= 0.3 is 0 Å². The van der Waals surface area contributed by atoms with Crippen LogP contribution in [-0.2, 0) is 0 Å². The maximum Gasteiger partial charge on any atom is 0.0695 e. The molecule has 0 amide bonds. The van der Waals surface area contributed by atoms with Crippen molar-refractivity contribution in [3.05, 3.63) is 0 Å². The van der Waals surface area contributed by atoms with Gasteiger partial charge in [-0.25, -0.2) is 0 Å². The summed E-state index contributed by atoms with van der Waals surface area (Å²) in [5.41, 5.74) is 0. The second-order valence-electron chi connectivity index (χ2n) is 4.64. The van der Waals surface area contributed by atoms with Crippen LogP contribution in [0.4, 0.5) is 0 Å². The number of hydrogen-bond acceptors (Lipinski definition) is 3. The van der Waals surface area contributed by atoms with Gasteiger partial charge in [-0.1, -0.05) is 12.8 Å². The van der Waals surface area contributed by atoms with E-state index in [-0.39, 0.29) is 12.7 Å². The molecule has 2 fully saturated rings. The molecule has 3 nitrogen and oxygen atoms in total. The monoisotopic (exact) mass is 199 g/mol. The van der Waals surface area contributed by atoms with Crippen molar-refractivity contribution in [2.45, 2.75) is 56.7 Å². The fourth-order valence-electron chi connectivity index (χ4n) is 2.97. The van der Waals surface area contributed by atoms with E-state index >= 15 is 0 Å². The lowest BCUT2D eigenvalue weighted by Gasteiger charge is -2.38. The minimum Gasteiger partial charge on any atom is -0.395 e. The van der Waals surface area contributed by atoms with E-state index in [1.165, 1.54) is 12.8 Å². The minimum atomic E-state index is -0.157. The molecule has 2 aliphatic rings. The van der Waals surface area contributed by atoms with Crippen LogP contribution in [0, 0.1) is 0 Å². The molecule has 0 radical (unpaired) electrons. The third-order valence-corrected chi connectivity index (χ3v) is 3.75. The predicted molar refractivity (Wildman–Crippen MR) is 55.1 cm³/mol. The van der Waals surface area contributed by atoms with Gasteiger partial charge in [-0.15, -0.1) is 0 Å². The van der Waals surface area contributed by atoms with Crippen molar-refractivity contribution in [2.24, 2.45) is 0 Å². The molecule has 82 valence electrons. The average molecular weight is 199 g/mol. The van der Waals surface area contributed by atoms with E-state index in [2.05, 4.69) is 4.90 Å². The van der Waals surface area contributed by atoms with E-state index < -0.39 is 0 Å². The summed E-state index contributed by atoms with van der Waals surface area (Å²) in [6, 6.07) is 0.635. The molecule has 1 saturated carbocycles. The third kappa shape index (κ3) is 1.95. The molecule has 2 N–H and O–H groups in total. The van der Waals surface area contributed by atoms with Crippen molar-refractivity contribution in [2.75, 3.05) is 13.2 Å². The van der Waals surface area contributed by atoms with E-state index in [0.29, 0.717) is 12.1 Å². The summed E-state index contributed by atoms with van der Waals surface area (Å²) < 4.78 is 0. The molecule has 2 rings (SSSR count). The Kier molecular flexibility index (Phi) is 3.42. The number of aliphatic hydroxyl groups is 2. The lowest BCUT2D eigenvalue weighted by Crippen LogP contribution is -2.48. The van der Waals surface area contributed by atoms with Gasteiger partial charge in [0.25, 0.3) is 0 Å². The maximum atomic E-state index is 9.92. The summed E-state index contributed by atoms with van der Waals surface area (Å²) in [5, 5.41) is 19.1. The van der Waals surface area contributed by atoms with Crippen LogP contribution >= 0.6 is 0 Å². The first-order valence-electron chi connectivity index (χ1n) is 5.87. The quantitative estimate of drug-likeness (QED) is 0.689. The molecule has 2 unspecified atom stereocenters. The molecule has 0 aromatic carbocycles. The zero-order valence-electron chi connectivity index (χ0n) is 8.73. The van der Waals surface area contributed by atoms with Gasteiger partial charge in [0, 0.05) is 12.1 Å². The van der Waals surface area contributed by atoms with Gasteiger partial charge < -0.3 is 10.2 Å². The van der Waals surface area contributed by atoms with Crippen LogP contribution in [-0.4, -0.2) is 46.5 Å². The van der Waals surface area contributed by atoms with Crippen molar-refractivity contribution < 1.29 is 10.2 Å². The normalized spacial score (nSPS) is 40.3. The summed E-state index contributed by atoms with van der Waals surface area (Å²) >= 11 is 0. The lowest BCUT2D eigenvalue weighted by atomic mass is 9.91. The second kappa shape index (κ2) is 4.60. The van der Waals surface area contributed by atoms with Crippen molar-refractivity contribution in [1.29, 1.82) is 0 Å². The average Bonchev–Trinajstić information content (AvgIpc) is 2.66. The Morgan fingerprint density at radius 2 is 1.86 bits per heavy atom. The topological polar surface area (TPSA) is 43.7 Å². The molecule has 3 atom stereocenters. The highest BCUT2D eigenvalue weighted by atomic mass is 16.3. The fraction of sp³-hybridized carbons (Fsp3) is 1.00. The smallest absolute Gasteiger partial charge is 0.0695 e. The highest BCUT2D eigenvalue weighted by molar-refractivity contribution is 4.90. The number of nitrogens with zero attached hydrogens (tertiary/aromatic N) is 1. The molecule has 0 aromatic rings. The Bertz CT molecular complexity index is 186. The Morgan fingerprint density at radius 1 is 1.07 bits per heavy atom. The van der Waals surface area contributed by atoms with E-state index in [0.717, 1.165) is 32.2 Å². The minimum absolute atomic E-state index is 0.157. The SMILES string of the molecule is OC[C@H]1CCCN1C1CCCCC1O. The highest BCUT2D eigenvalue weighted by Gasteiger charge is 2.35. The summed E-state index contributed by atoms with van der Waals surface area (Å²) in [5.74, 6) is 0. The van der Waals surface area contributed by atoms with Gasteiger partial charge in [0.2, 0.25) is 0 Å². The second-order valence-corrected chi connectivity index (χ2v) is 4.64. The van der Waals surface area contributed by atoms with Crippen LogP contribution in [0.3, 0.4) is 0 Å². The van der Waals surface area contributed by atoms with E-state index in [1.807, 2.05) is 0 Å². The van der Waals surface area contributed by atoms with Gasteiger partial charge in [-0.3, -0.25) is 4.90 Å². The van der Waals surface area contributed by atoms with Crippen LogP contribution in [0.1, 0.15) is 38.5 Å². The Morgan fingerprint density at radius 3 is 2.57 bits per heavy atom. The Hall–Kier alpha value is -0.120. The summed E-state index contributed by atoms with van der Waals surface area (Å²) in [6.45, 7) is 1.32. The Labute approximate surface area is 85.7 Å².